The second-order valence-electron chi connectivity index (χ2n) is 5.97. The first kappa shape index (κ1) is 17.2. The van der Waals surface area contributed by atoms with Crippen molar-refractivity contribution in [3.63, 3.8) is 0 Å². The maximum Gasteiger partial charge on any atom is 0.276 e. The van der Waals surface area contributed by atoms with Crippen LogP contribution >= 0.6 is 11.3 Å². The number of carbonyl (C=O) groups is 1. The number of rotatable bonds is 6. The maximum atomic E-state index is 12.4. The summed E-state index contributed by atoms with van der Waals surface area (Å²) in [7, 11) is 1.65. The normalized spacial score (nSPS) is 11.0. The Morgan fingerprint density at radius 1 is 1.22 bits per heavy atom. The van der Waals surface area contributed by atoms with Gasteiger partial charge in [-0.1, -0.05) is 10.3 Å². The van der Waals surface area contributed by atoms with Crippen LogP contribution in [-0.4, -0.2) is 33.2 Å². The van der Waals surface area contributed by atoms with Gasteiger partial charge in [-0.3, -0.25) is 4.79 Å². The number of carbonyl (C=O) groups excluding carboxylic acids is 1. The number of aryl methyl sites for hydroxylation is 1. The SMILES string of the molecule is Cc1nc2cc(OCc3cc(C(=O)N(C)Cc4ccno4)no3)ccc2s1. The van der Waals surface area contributed by atoms with Crippen LogP contribution in [0.1, 0.15) is 27.0 Å². The molecule has 0 saturated heterocycles. The molecule has 0 aliphatic heterocycles. The van der Waals surface area contributed by atoms with Crippen LogP contribution < -0.4 is 4.74 Å². The Bertz CT molecular complexity index is 1070. The topological polar surface area (TPSA) is 94.5 Å². The molecular formula is C18H16N4O4S. The number of hydrogen-bond donors (Lipinski definition) is 0. The summed E-state index contributed by atoms with van der Waals surface area (Å²) in [6.07, 6.45) is 1.53. The predicted octanol–water partition coefficient (Wildman–Crippen LogP) is 3.43. The lowest BCUT2D eigenvalue weighted by molar-refractivity contribution is 0.0761. The monoisotopic (exact) mass is 384 g/mol. The largest absolute Gasteiger partial charge is 0.485 e. The highest BCUT2D eigenvalue weighted by Crippen LogP contribution is 2.26. The fraction of sp³-hybridized carbons (Fsp3) is 0.222. The van der Waals surface area contributed by atoms with Gasteiger partial charge in [0.05, 0.1) is 28.0 Å². The van der Waals surface area contributed by atoms with Gasteiger partial charge in [-0.05, 0) is 19.1 Å². The van der Waals surface area contributed by atoms with E-state index in [4.69, 9.17) is 13.8 Å². The van der Waals surface area contributed by atoms with Crippen molar-refractivity contribution >= 4 is 27.5 Å². The minimum atomic E-state index is -0.277. The number of ether oxygens (including phenoxy) is 1. The lowest BCUT2D eigenvalue weighted by Gasteiger charge is -2.12. The summed E-state index contributed by atoms with van der Waals surface area (Å²) in [5.74, 6) is 1.45. The summed E-state index contributed by atoms with van der Waals surface area (Å²) < 4.78 is 17.1. The number of fused-ring (bicyclic) bond motifs is 1. The van der Waals surface area contributed by atoms with Crippen LogP contribution in [0.2, 0.25) is 0 Å². The van der Waals surface area contributed by atoms with E-state index in [-0.39, 0.29) is 18.2 Å². The van der Waals surface area contributed by atoms with Gasteiger partial charge in [-0.2, -0.15) is 0 Å². The van der Waals surface area contributed by atoms with Crippen LogP contribution in [0.5, 0.6) is 5.75 Å². The van der Waals surface area contributed by atoms with E-state index in [2.05, 4.69) is 15.3 Å². The van der Waals surface area contributed by atoms with E-state index in [9.17, 15) is 4.79 Å². The van der Waals surface area contributed by atoms with E-state index < -0.39 is 0 Å². The molecule has 3 aromatic heterocycles. The van der Waals surface area contributed by atoms with Gasteiger partial charge < -0.3 is 18.7 Å². The zero-order chi connectivity index (χ0) is 18.8. The molecule has 0 fully saturated rings. The Kier molecular flexibility index (Phi) is 4.59. The molecule has 1 amide bonds. The summed E-state index contributed by atoms with van der Waals surface area (Å²) >= 11 is 1.64. The smallest absolute Gasteiger partial charge is 0.276 e. The molecule has 0 unspecified atom stereocenters. The minimum absolute atomic E-state index is 0.167. The minimum Gasteiger partial charge on any atom is -0.485 e. The Morgan fingerprint density at radius 2 is 2.11 bits per heavy atom. The number of amides is 1. The highest BCUT2D eigenvalue weighted by atomic mass is 32.1. The van der Waals surface area contributed by atoms with Crippen molar-refractivity contribution in [2.45, 2.75) is 20.1 Å². The zero-order valence-corrected chi connectivity index (χ0v) is 15.5. The van der Waals surface area contributed by atoms with E-state index in [1.807, 2.05) is 25.1 Å². The van der Waals surface area contributed by atoms with Crippen molar-refractivity contribution in [3.05, 3.63) is 58.8 Å². The van der Waals surface area contributed by atoms with Crippen molar-refractivity contribution in [2.24, 2.45) is 0 Å². The van der Waals surface area contributed by atoms with Crippen molar-refractivity contribution in [2.75, 3.05) is 7.05 Å². The van der Waals surface area contributed by atoms with Gasteiger partial charge in [0.15, 0.2) is 17.2 Å². The molecule has 8 nitrogen and oxygen atoms in total. The third-order valence-corrected chi connectivity index (χ3v) is 4.81. The van der Waals surface area contributed by atoms with Gasteiger partial charge in [0.2, 0.25) is 0 Å². The number of hydrogen-bond acceptors (Lipinski definition) is 8. The standard InChI is InChI=1S/C18H16N4O4S/c1-11-20-15-7-12(3-4-17(15)27-11)24-10-14-8-16(21-26-14)18(23)22(2)9-13-5-6-19-25-13/h3-8H,9-10H2,1-2H3. The van der Waals surface area contributed by atoms with Crippen LogP contribution in [0.4, 0.5) is 0 Å². The molecule has 0 N–H and O–H groups in total. The zero-order valence-electron chi connectivity index (χ0n) is 14.7. The van der Waals surface area contributed by atoms with Crippen molar-refractivity contribution in [1.82, 2.24) is 20.2 Å². The number of thiazole rings is 1. The molecule has 3 heterocycles. The molecule has 0 bridgehead atoms. The third-order valence-electron chi connectivity index (χ3n) is 3.86. The molecule has 0 atom stereocenters. The van der Waals surface area contributed by atoms with Gasteiger partial charge >= 0.3 is 0 Å². The molecule has 0 aliphatic carbocycles. The summed E-state index contributed by atoms with van der Waals surface area (Å²) in [6.45, 7) is 2.43. The summed E-state index contributed by atoms with van der Waals surface area (Å²) in [4.78, 5) is 18.3. The van der Waals surface area contributed by atoms with Crippen LogP contribution in [0.25, 0.3) is 10.2 Å². The predicted molar refractivity (Wildman–Crippen MR) is 97.5 cm³/mol. The van der Waals surface area contributed by atoms with Gasteiger partial charge in [0.1, 0.15) is 12.4 Å². The molecule has 0 saturated carbocycles. The molecule has 0 aliphatic rings. The first-order valence-electron chi connectivity index (χ1n) is 8.19. The quantitative estimate of drug-likeness (QED) is 0.502. The molecule has 0 spiro atoms. The number of nitrogens with zero attached hydrogens (tertiary/aromatic N) is 4. The van der Waals surface area contributed by atoms with E-state index in [1.165, 1.54) is 11.1 Å². The summed E-state index contributed by atoms with van der Waals surface area (Å²) in [5, 5.41) is 8.46. The molecule has 0 radical (unpaired) electrons. The maximum absolute atomic E-state index is 12.4. The first-order chi connectivity index (χ1) is 13.1. The second kappa shape index (κ2) is 7.20. The lowest BCUT2D eigenvalue weighted by Crippen LogP contribution is -2.26. The Balaban J connectivity index is 1.38. The highest BCUT2D eigenvalue weighted by Gasteiger charge is 2.18. The molecule has 27 heavy (non-hydrogen) atoms. The van der Waals surface area contributed by atoms with Crippen LogP contribution in [0, 0.1) is 6.92 Å². The molecule has 4 rings (SSSR count). The van der Waals surface area contributed by atoms with Crippen LogP contribution in [0.3, 0.4) is 0 Å². The van der Waals surface area contributed by atoms with Gasteiger partial charge in [0, 0.05) is 25.2 Å². The number of aromatic nitrogens is 3. The average molecular weight is 384 g/mol. The van der Waals surface area contributed by atoms with E-state index in [0.29, 0.717) is 23.8 Å². The third kappa shape index (κ3) is 3.82. The van der Waals surface area contributed by atoms with E-state index in [0.717, 1.165) is 15.2 Å². The van der Waals surface area contributed by atoms with E-state index in [1.54, 1.807) is 30.5 Å². The van der Waals surface area contributed by atoms with Gasteiger partial charge in [-0.15, -0.1) is 11.3 Å². The highest BCUT2D eigenvalue weighted by molar-refractivity contribution is 7.18. The molecule has 1 aromatic carbocycles. The molecule has 138 valence electrons. The van der Waals surface area contributed by atoms with Crippen molar-refractivity contribution in [1.29, 1.82) is 0 Å². The number of benzene rings is 1. The second-order valence-corrected chi connectivity index (χ2v) is 7.20. The van der Waals surface area contributed by atoms with Crippen LogP contribution in [0.15, 0.2) is 45.6 Å². The summed E-state index contributed by atoms with van der Waals surface area (Å²) in [6, 6.07) is 9.01. The molecular weight excluding hydrogens is 368 g/mol. The Hall–Kier alpha value is -3.20. The summed E-state index contributed by atoms with van der Waals surface area (Å²) in [5.41, 5.74) is 1.11. The fourth-order valence-corrected chi connectivity index (χ4v) is 3.38. The van der Waals surface area contributed by atoms with Gasteiger partial charge in [-0.25, -0.2) is 4.98 Å². The lowest BCUT2D eigenvalue weighted by atomic mass is 10.3. The van der Waals surface area contributed by atoms with E-state index >= 15 is 0 Å². The Labute approximate surface area is 158 Å². The average Bonchev–Trinajstić information content (AvgIpc) is 3.39. The van der Waals surface area contributed by atoms with Crippen molar-refractivity contribution < 1.29 is 18.6 Å². The van der Waals surface area contributed by atoms with Crippen molar-refractivity contribution in [3.8, 4) is 5.75 Å². The fourth-order valence-electron chi connectivity index (χ4n) is 2.57. The Morgan fingerprint density at radius 3 is 2.93 bits per heavy atom. The van der Waals surface area contributed by atoms with Gasteiger partial charge in [0.25, 0.3) is 5.91 Å². The first-order valence-corrected chi connectivity index (χ1v) is 9.01. The molecule has 9 heteroatoms. The van der Waals surface area contributed by atoms with Crippen LogP contribution in [-0.2, 0) is 13.2 Å². The molecule has 4 aromatic rings.